The van der Waals surface area contributed by atoms with Gasteiger partial charge in [0.15, 0.2) is 0 Å². The lowest BCUT2D eigenvalue weighted by Crippen LogP contribution is -1.85. The van der Waals surface area contributed by atoms with Crippen LogP contribution in [-0.4, -0.2) is 19.5 Å². The molecule has 0 amide bonds. The fraction of sp³-hybridized carbons (Fsp3) is 0.917. The molecular weight excluding hydrogens is 319 g/mol. The lowest BCUT2D eigenvalue weighted by molar-refractivity contribution is 0.558. The van der Waals surface area contributed by atoms with Gasteiger partial charge in [0, 0.05) is 0 Å². The van der Waals surface area contributed by atoms with Crippen LogP contribution in [0.1, 0.15) is 122 Å². The number of unbranched alkanes of at least 4 members (excludes halogenated alkanes) is 16. The molecular formula is C24H49P. The van der Waals surface area contributed by atoms with Crippen LogP contribution in [0.25, 0.3) is 0 Å². The molecule has 0 aliphatic rings. The van der Waals surface area contributed by atoms with Crippen molar-refractivity contribution in [2.45, 2.75) is 122 Å². The largest absolute Gasteiger partial charge is 0.113 e. The summed E-state index contributed by atoms with van der Waals surface area (Å²) in [5.41, 5.74) is 0. The van der Waals surface area contributed by atoms with Gasteiger partial charge < -0.3 is 0 Å². The van der Waals surface area contributed by atoms with Crippen molar-refractivity contribution in [1.82, 2.24) is 0 Å². The molecule has 0 saturated carbocycles. The normalized spacial score (nSPS) is 11.8. The van der Waals surface area contributed by atoms with E-state index in [-0.39, 0.29) is 0 Å². The minimum atomic E-state index is 0.349. The summed E-state index contributed by atoms with van der Waals surface area (Å²) in [6.45, 7) is 7.10. The van der Waals surface area contributed by atoms with Gasteiger partial charge in [0.2, 0.25) is 0 Å². The SMILES string of the molecule is CCCCCCCC/C=C\CCCCCCCCCCCCP(C)C. The summed E-state index contributed by atoms with van der Waals surface area (Å²) in [6, 6.07) is 0. The predicted molar refractivity (Wildman–Crippen MR) is 122 cm³/mol. The molecule has 0 spiro atoms. The third-order valence-electron chi connectivity index (χ3n) is 5.12. The zero-order chi connectivity index (χ0) is 18.4. The van der Waals surface area contributed by atoms with Crippen molar-refractivity contribution >= 4 is 7.92 Å². The van der Waals surface area contributed by atoms with Crippen LogP contribution in [0.3, 0.4) is 0 Å². The monoisotopic (exact) mass is 368 g/mol. The summed E-state index contributed by atoms with van der Waals surface area (Å²) in [4.78, 5) is 0. The van der Waals surface area contributed by atoms with E-state index in [2.05, 4.69) is 32.4 Å². The fourth-order valence-electron chi connectivity index (χ4n) is 3.38. The van der Waals surface area contributed by atoms with E-state index in [0.717, 1.165) is 0 Å². The first-order valence-electron chi connectivity index (χ1n) is 11.6. The van der Waals surface area contributed by atoms with E-state index in [0.29, 0.717) is 7.92 Å². The summed E-state index contributed by atoms with van der Waals surface area (Å²) < 4.78 is 0. The summed E-state index contributed by atoms with van der Waals surface area (Å²) in [7, 11) is 0.349. The molecule has 0 rings (SSSR count). The Hall–Kier alpha value is 0.170. The van der Waals surface area contributed by atoms with Crippen molar-refractivity contribution in [2.24, 2.45) is 0 Å². The van der Waals surface area contributed by atoms with Crippen molar-refractivity contribution in [3.05, 3.63) is 12.2 Å². The van der Waals surface area contributed by atoms with E-state index in [1.54, 1.807) is 0 Å². The van der Waals surface area contributed by atoms with E-state index >= 15 is 0 Å². The average molecular weight is 369 g/mol. The van der Waals surface area contributed by atoms with Gasteiger partial charge in [-0.3, -0.25) is 0 Å². The van der Waals surface area contributed by atoms with E-state index in [1.165, 1.54) is 122 Å². The van der Waals surface area contributed by atoms with Crippen molar-refractivity contribution in [3.8, 4) is 0 Å². The molecule has 0 atom stereocenters. The van der Waals surface area contributed by atoms with Crippen LogP contribution in [0.15, 0.2) is 12.2 Å². The molecule has 0 unspecified atom stereocenters. The van der Waals surface area contributed by atoms with Crippen LogP contribution in [-0.2, 0) is 0 Å². The Morgan fingerprint density at radius 2 is 0.840 bits per heavy atom. The Kier molecular flexibility index (Phi) is 22.4. The second-order valence-corrected chi connectivity index (χ2v) is 10.8. The Balaban J connectivity index is 3.05. The van der Waals surface area contributed by atoms with Gasteiger partial charge in [-0.25, -0.2) is 0 Å². The van der Waals surface area contributed by atoms with E-state index in [4.69, 9.17) is 0 Å². The van der Waals surface area contributed by atoms with E-state index in [1.807, 2.05) is 0 Å². The van der Waals surface area contributed by atoms with Crippen LogP contribution < -0.4 is 0 Å². The standard InChI is InChI=1S/C24H49P/c1-4-5-6-7-8-9-10-11-12-13-14-15-16-17-18-19-20-21-22-23-24-25(2)3/h11-12H,4-10,13-24H2,1-3H3/b12-11-. The maximum atomic E-state index is 2.44. The molecule has 0 N–H and O–H groups in total. The molecule has 0 heterocycles. The quantitative estimate of drug-likeness (QED) is 0.114. The molecule has 0 aromatic carbocycles. The fourth-order valence-corrected chi connectivity index (χ4v) is 4.24. The number of rotatable bonds is 20. The molecule has 0 aromatic heterocycles. The van der Waals surface area contributed by atoms with Crippen molar-refractivity contribution in [3.63, 3.8) is 0 Å². The maximum absolute atomic E-state index is 2.44. The van der Waals surface area contributed by atoms with Crippen LogP contribution in [0.5, 0.6) is 0 Å². The van der Waals surface area contributed by atoms with E-state index < -0.39 is 0 Å². The first-order valence-corrected chi connectivity index (χ1v) is 14.0. The third-order valence-corrected chi connectivity index (χ3v) is 6.33. The smallest absolute Gasteiger partial charge is 0.0331 e. The molecule has 1 heteroatoms. The zero-order valence-corrected chi connectivity index (χ0v) is 18.9. The van der Waals surface area contributed by atoms with Gasteiger partial charge in [-0.15, -0.1) is 7.92 Å². The molecule has 0 aliphatic carbocycles. The lowest BCUT2D eigenvalue weighted by atomic mass is 10.1. The van der Waals surface area contributed by atoms with Gasteiger partial charge in [-0.1, -0.05) is 103 Å². The van der Waals surface area contributed by atoms with E-state index in [9.17, 15) is 0 Å². The molecule has 150 valence electrons. The second kappa shape index (κ2) is 22.2. The number of hydrogen-bond acceptors (Lipinski definition) is 0. The van der Waals surface area contributed by atoms with Gasteiger partial charge in [0.25, 0.3) is 0 Å². The lowest BCUT2D eigenvalue weighted by Gasteiger charge is -2.05. The molecule has 0 saturated heterocycles. The highest BCUT2D eigenvalue weighted by Gasteiger charge is 1.95. The molecule has 0 bridgehead atoms. The molecule has 0 radical (unpaired) electrons. The van der Waals surface area contributed by atoms with Crippen LogP contribution in [0.2, 0.25) is 0 Å². The van der Waals surface area contributed by atoms with Crippen LogP contribution in [0.4, 0.5) is 0 Å². The Morgan fingerprint density at radius 1 is 0.480 bits per heavy atom. The summed E-state index contributed by atoms with van der Waals surface area (Å²) in [5, 5.41) is 0. The second-order valence-electron chi connectivity index (χ2n) is 8.16. The highest BCUT2D eigenvalue weighted by Crippen LogP contribution is 2.26. The van der Waals surface area contributed by atoms with Crippen molar-refractivity contribution in [1.29, 1.82) is 0 Å². The topological polar surface area (TPSA) is 0 Å². The molecule has 0 fully saturated rings. The minimum Gasteiger partial charge on any atom is -0.113 e. The molecule has 0 nitrogen and oxygen atoms in total. The predicted octanol–water partition coefficient (Wildman–Crippen LogP) is 9.33. The number of allylic oxidation sites excluding steroid dienone is 2. The molecule has 0 aliphatic heterocycles. The number of hydrogen-bond donors (Lipinski definition) is 0. The summed E-state index contributed by atoms with van der Waals surface area (Å²) in [6.07, 6.45) is 32.1. The first kappa shape index (κ1) is 25.2. The van der Waals surface area contributed by atoms with Crippen LogP contribution >= 0.6 is 7.92 Å². The minimum absolute atomic E-state index is 0.349. The van der Waals surface area contributed by atoms with Gasteiger partial charge in [-0.2, -0.15) is 0 Å². The maximum Gasteiger partial charge on any atom is -0.0331 e. The Morgan fingerprint density at radius 3 is 1.24 bits per heavy atom. The highest BCUT2D eigenvalue weighted by atomic mass is 31.1. The Bertz CT molecular complexity index is 257. The van der Waals surface area contributed by atoms with Crippen molar-refractivity contribution < 1.29 is 0 Å². The third kappa shape index (κ3) is 24.2. The van der Waals surface area contributed by atoms with Gasteiger partial charge in [-0.05, 0) is 51.6 Å². The zero-order valence-electron chi connectivity index (χ0n) is 18.0. The highest BCUT2D eigenvalue weighted by molar-refractivity contribution is 7.55. The average Bonchev–Trinajstić information content (AvgIpc) is 2.60. The van der Waals surface area contributed by atoms with Gasteiger partial charge >= 0.3 is 0 Å². The van der Waals surface area contributed by atoms with Gasteiger partial charge in [0.05, 0.1) is 0 Å². The van der Waals surface area contributed by atoms with Crippen molar-refractivity contribution in [2.75, 3.05) is 19.5 Å². The molecule has 25 heavy (non-hydrogen) atoms. The van der Waals surface area contributed by atoms with Gasteiger partial charge in [0.1, 0.15) is 0 Å². The van der Waals surface area contributed by atoms with Crippen LogP contribution in [0, 0.1) is 0 Å². The summed E-state index contributed by atoms with van der Waals surface area (Å²) in [5.74, 6) is 0. The summed E-state index contributed by atoms with van der Waals surface area (Å²) >= 11 is 0. The molecule has 0 aromatic rings. The Labute approximate surface area is 162 Å². The first-order chi connectivity index (χ1) is 12.3.